The van der Waals surface area contributed by atoms with E-state index in [1.54, 1.807) is 0 Å². The highest BCUT2D eigenvalue weighted by Crippen LogP contribution is 2.20. The van der Waals surface area contributed by atoms with Gasteiger partial charge in [0.15, 0.2) is 0 Å². The highest BCUT2D eigenvalue weighted by atomic mass is 16.3. The second kappa shape index (κ2) is 5.83. The van der Waals surface area contributed by atoms with Crippen molar-refractivity contribution in [1.82, 2.24) is 10.2 Å². The number of rotatable bonds is 4. The van der Waals surface area contributed by atoms with Gasteiger partial charge in [-0.3, -0.25) is 4.90 Å². The van der Waals surface area contributed by atoms with E-state index >= 15 is 0 Å². The Morgan fingerprint density at radius 1 is 1.27 bits per heavy atom. The molecular weight excluding hydrogens is 188 g/mol. The molecule has 2 rings (SSSR count). The molecule has 3 nitrogen and oxygen atoms in total. The zero-order valence-corrected chi connectivity index (χ0v) is 9.62. The predicted molar refractivity (Wildman–Crippen MR) is 61.9 cm³/mol. The van der Waals surface area contributed by atoms with Crippen LogP contribution in [0.3, 0.4) is 0 Å². The van der Waals surface area contributed by atoms with Gasteiger partial charge >= 0.3 is 0 Å². The lowest BCUT2D eigenvalue weighted by Crippen LogP contribution is -2.36. The minimum atomic E-state index is 0.350. The Bertz CT molecular complexity index is 180. The molecule has 2 unspecified atom stereocenters. The molecular formula is C12H24N2O. The first-order valence-electron chi connectivity index (χ1n) is 6.46. The first-order chi connectivity index (χ1) is 7.40. The summed E-state index contributed by atoms with van der Waals surface area (Å²) in [7, 11) is 0. The molecule has 0 aliphatic carbocycles. The van der Waals surface area contributed by atoms with E-state index in [0.717, 1.165) is 5.92 Å². The van der Waals surface area contributed by atoms with Gasteiger partial charge in [0.2, 0.25) is 0 Å². The fourth-order valence-corrected chi connectivity index (χ4v) is 2.92. The molecule has 0 bridgehead atoms. The maximum atomic E-state index is 9.22. The van der Waals surface area contributed by atoms with Crippen molar-refractivity contribution in [3.63, 3.8) is 0 Å². The van der Waals surface area contributed by atoms with Gasteiger partial charge in [0, 0.05) is 6.04 Å². The number of hydrogen-bond acceptors (Lipinski definition) is 3. The summed E-state index contributed by atoms with van der Waals surface area (Å²) < 4.78 is 0. The van der Waals surface area contributed by atoms with Crippen molar-refractivity contribution in [2.45, 2.75) is 38.1 Å². The van der Waals surface area contributed by atoms with Crippen molar-refractivity contribution < 1.29 is 5.11 Å². The van der Waals surface area contributed by atoms with E-state index in [-0.39, 0.29) is 0 Å². The third kappa shape index (κ3) is 3.16. The summed E-state index contributed by atoms with van der Waals surface area (Å²) in [5.41, 5.74) is 0. The van der Waals surface area contributed by atoms with Gasteiger partial charge in [0.1, 0.15) is 0 Å². The third-order valence-electron chi connectivity index (χ3n) is 3.93. The van der Waals surface area contributed by atoms with Gasteiger partial charge in [-0.05, 0) is 64.2 Å². The van der Waals surface area contributed by atoms with Gasteiger partial charge in [-0.2, -0.15) is 0 Å². The topological polar surface area (TPSA) is 35.5 Å². The second-order valence-corrected chi connectivity index (χ2v) is 5.02. The molecule has 0 amide bonds. The molecule has 2 fully saturated rings. The molecule has 2 aliphatic heterocycles. The van der Waals surface area contributed by atoms with Crippen molar-refractivity contribution in [2.24, 2.45) is 5.92 Å². The van der Waals surface area contributed by atoms with Crippen LogP contribution in [0.2, 0.25) is 0 Å². The van der Waals surface area contributed by atoms with Gasteiger partial charge in [-0.15, -0.1) is 0 Å². The van der Waals surface area contributed by atoms with Crippen LogP contribution in [-0.2, 0) is 0 Å². The fourth-order valence-electron chi connectivity index (χ4n) is 2.92. The molecule has 0 spiro atoms. The van der Waals surface area contributed by atoms with Gasteiger partial charge in [-0.25, -0.2) is 0 Å². The van der Waals surface area contributed by atoms with Crippen LogP contribution in [0.5, 0.6) is 0 Å². The highest BCUT2D eigenvalue weighted by molar-refractivity contribution is 4.79. The van der Waals surface area contributed by atoms with Crippen LogP contribution in [0.25, 0.3) is 0 Å². The van der Waals surface area contributed by atoms with Gasteiger partial charge in [0.25, 0.3) is 0 Å². The fraction of sp³-hybridized carbons (Fsp3) is 1.00. The average molecular weight is 212 g/mol. The Morgan fingerprint density at radius 3 is 2.93 bits per heavy atom. The van der Waals surface area contributed by atoms with E-state index in [1.807, 2.05) is 0 Å². The van der Waals surface area contributed by atoms with Crippen LogP contribution >= 0.6 is 0 Å². The van der Waals surface area contributed by atoms with Crippen LogP contribution in [0, 0.1) is 5.92 Å². The first-order valence-corrected chi connectivity index (χ1v) is 6.46. The average Bonchev–Trinajstić information content (AvgIpc) is 2.75. The van der Waals surface area contributed by atoms with Crippen LogP contribution in [0.4, 0.5) is 0 Å². The van der Waals surface area contributed by atoms with Crippen molar-refractivity contribution in [1.29, 1.82) is 0 Å². The quantitative estimate of drug-likeness (QED) is 0.724. The monoisotopic (exact) mass is 212 g/mol. The Balaban J connectivity index is 1.67. The standard InChI is InChI=1S/C12H24N2O/c15-10-12-4-2-7-14(12)8-5-11-3-1-6-13-9-11/h11-13,15H,1-10H2. The van der Waals surface area contributed by atoms with Gasteiger partial charge in [-0.1, -0.05) is 0 Å². The van der Waals surface area contributed by atoms with Gasteiger partial charge in [0.05, 0.1) is 6.61 Å². The third-order valence-corrected chi connectivity index (χ3v) is 3.93. The van der Waals surface area contributed by atoms with Crippen LogP contribution in [-0.4, -0.2) is 48.8 Å². The number of aliphatic hydroxyl groups is 1. The molecule has 88 valence electrons. The van der Waals surface area contributed by atoms with Crippen molar-refractivity contribution in [3.8, 4) is 0 Å². The molecule has 2 N–H and O–H groups in total. The van der Waals surface area contributed by atoms with Crippen molar-refractivity contribution in [2.75, 3.05) is 32.8 Å². The molecule has 15 heavy (non-hydrogen) atoms. The summed E-state index contributed by atoms with van der Waals surface area (Å²) in [6.07, 6.45) is 6.51. The molecule has 0 saturated carbocycles. The van der Waals surface area contributed by atoms with Crippen molar-refractivity contribution in [3.05, 3.63) is 0 Å². The van der Waals surface area contributed by atoms with Crippen molar-refractivity contribution >= 4 is 0 Å². The number of likely N-dealkylation sites (tertiary alicyclic amines) is 1. The molecule has 2 atom stereocenters. The first kappa shape index (κ1) is 11.4. The Kier molecular flexibility index (Phi) is 4.42. The van der Waals surface area contributed by atoms with Crippen LogP contribution < -0.4 is 5.32 Å². The molecule has 0 aromatic carbocycles. The maximum Gasteiger partial charge on any atom is 0.0586 e. The predicted octanol–water partition coefficient (Wildman–Crippen LogP) is 0.833. The lowest BCUT2D eigenvalue weighted by atomic mass is 9.96. The lowest BCUT2D eigenvalue weighted by Gasteiger charge is -2.27. The number of aliphatic hydroxyl groups excluding tert-OH is 1. The highest BCUT2D eigenvalue weighted by Gasteiger charge is 2.24. The SMILES string of the molecule is OCC1CCCN1CCC1CCCNC1. The summed E-state index contributed by atoms with van der Waals surface area (Å²) in [6, 6.07) is 0.460. The normalized spacial score (nSPS) is 33.4. The zero-order chi connectivity index (χ0) is 10.5. The molecule has 3 heteroatoms. The molecule has 0 aromatic heterocycles. The summed E-state index contributed by atoms with van der Waals surface area (Å²) in [4.78, 5) is 2.48. The van der Waals surface area contributed by atoms with E-state index in [0.29, 0.717) is 12.6 Å². The summed E-state index contributed by atoms with van der Waals surface area (Å²) in [5.74, 6) is 0.874. The smallest absolute Gasteiger partial charge is 0.0586 e. The lowest BCUT2D eigenvalue weighted by molar-refractivity contribution is 0.149. The number of nitrogens with zero attached hydrogens (tertiary/aromatic N) is 1. The Hall–Kier alpha value is -0.120. The van der Waals surface area contributed by atoms with Crippen LogP contribution in [0.15, 0.2) is 0 Å². The van der Waals surface area contributed by atoms with E-state index in [2.05, 4.69) is 10.2 Å². The summed E-state index contributed by atoms with van der Waals surface area (Å²) in [6.45, 7) is 5.16. The van der Waals surface area contributed by atoms with E-state index in [4.69, 9.17) is 0 Å². The zero-order valence-electron chi connectivity index (χ0n) is 9.62. The van der Waals surface area contributed by atoms with E-state index in [1.165, 1.54) is 58.3 Å². The van der Waals surface area contributed by atoms with E-state index in [9.17, 15) is 5.11 Å². The minimum absolute atomic E-state index is 0.350. The summed E-state index contributed by atoms with van der Waals surface area (Å²) >= 11 is 0. The molecule has 2 saturated heterocycles. The van der Waals surface area contributed by atoms with E-state index < -0.39 is 0 Å². The molecule has 0 radical (unpaired) electrons. The number of nitrogens with one attached hydrogen (secondary N) is 1. The summed E-state index contributed by atoms with van der Waals surface area (Å²) in [5, 5.41) is 12.7. The molecule has 2 heterocycles. The Morgan fingerprint density at radius 2 is 2.20 bits per heavy atom. The molecule has 0 aromatic rings. The number of hydrogen-bond donors (Lipinski definition) is 2. The van der Waals surface area contributed by atoms with Crippen LogP contribution in [0.1, 0.15) is 32.1 Å². The second-order valence-electron chi connectivity index (χ2n) is 5.02. The largest absolute Gasteiger partial charge is 0.395 e. The molecule has 2 aliphatic rings. The minimum Gasteiger partial charge on any atom is -0.395 e. The number of piperidine rings is 1. The van der Waals surface area contributed by atoms with Gasteiger partial charge < -0.3 is 10.4 Å². The maximum absolute atomic E-state index is 9.22. The Labute approximate surface area is 92.8 Å².